The maximum absolute atomic E-state index is 6.19. The molecule has 1 heterocycles. The van der Waals surface area contributed by atoms with Crippen LogP contribution < -0.4 is 5.73 Å². The lowest BCUT2D eigenvalue weighted by atomic mass is 9.73. The number of nitrogens with two attached hydrogens (primary N) is 1. The second-order valence-electron chi connectivity index (χ2n) is 6.83. The van der Waals surface area contributed by atoms with E-state index in [1.807, 2.05) is 0 Å². The third kappa shape index (κ3) is 2.89. The zero-order chi connectivity index (χ0) is 13.2. The van der Waals surface area contributed by atoms with E-state index in [4.69, 9.17) is 10.5 Å². The van der Waals surface area contributed by atoms with Gasteiger partial charge in [0, 0.05) is 25.2 Å². The van der Waals surface area contributed by atoms with Crippen molar-refractivity contribution in [3.05, 3.63) is 0 Å². The van der Waals surface area contributed by atoms with Crippen LogP contribution in [0.2, 0.25) is 0 Å². The Morgan fingerprint density at radius 3 is 2.78 bits per heavy atom. The molecule has 106 valence electrons. The van der Waals surface area contributed by atoms with Crippen LogP contribution in [0, 0.1) is 5.92 Å². The molecular formula is C15H30N2O. The summed E-state index contributed by atoms with van der Waals surface area (Å²) in [5.41, 5.74) is 6.43. The first-order chi connectivity index (χ1) is 8.51. The average Bonchev–Trinajstić information content (AvgIpc) is 2.37. The molecule has 2 rings (SSSR count). The zero-order valence-electron chi connectivity index (χ0n) is 12.4. The van der Waals surface area contributed by atoms with Crippen LogP contribution in [0.3, 0.4) is 0 Å². The van der Waals surface area contributed by atoms with E-state index in [0.717, 1.165) is 32.2 Å². The number of nitrogens with zero attached hydrogens (tertiary/aromatic N) is 1. The quantitative estimate of drug-likeness (QED) is 0.840. The van der Waals surface area contributed by atoms with Crippen LogP contribution in [-0.2, 0) is 4.74 Å². The molecule has 2 unspecified atom stereocenters. The van der Waals surface area contributed by atoms with Crippen molar-refractivity contribution >= 4 is 0 Å². The number of hydrogen-bond acceptors (Lipinski definition) is 3. The molecule has 1 aliphatic heterocycles. The second kappa shape index (κ2) is 5.48. The van der Waals surface area contributed by atoms with Gasteiger partial charge < -0.3 is 10.5 Å². The molecule has 2 N–H and O–H groups in total. The fourth-order valence-electron chi connectivity index (χ4n) is 3.83. The first-order valence-electron chi connectivity index (χ1n) is 7.60. The summed E-state index contributed by atoms with van der Waals surface area (Å²) in [6, 6.07) is 0. The van der Waals surface area contributed by atoms with Gasteiger partial charge >= 0.3 is 0 Å². The van der Waals surface area contributed by atoms with Gasteiger partial charge in [0.15, 0.2) is 0 Å². The molecule has 0 aromatic heterocycles. The van der Waals surface area contributed by atoms with Gasteiger partial charge in [0.05, 0.1) is 12.2 Å². The summed E-state index contributed by atoms with van der Waals surface area (Å²) >= 11 is 0. The lowest BCUT2D eigenvalue weighted by molar-refractivity contribution is -0.124. The standard InChI is InChI=1S/C15H30N2O/c1-4-13-6-5-7-15(10-13,11-16)17-8-9-18-14(2,3)12-17/h13H,4-12,16H2,1-3H3. The van der Waals surface area contributed by atoms with Gasteiger partial charge in [-0.15, -0.1) is 0 Å². The van der Waals surface area contributed by atoms with Gasteiger partial charge in [-0.1, -0.05) is 26.2 Å². The maximum Gasteiger partial charge on any atom is 0.0753 e. The van der Waals surface area contributed by atoms with E-state index >= 15 is 0 Å². The summed E-state index contributed by atoms with van der Waals surface area (Å²) < 4.78 is 5.85. The Labute approximate surface area is 112 Å². The number of hydrogen-bond donors (Lipinski definition) is 1. The minimum absolute atomic E-state index is 0.0143. The van der Waals surface area contributed by atoms with Gasteiger partial charge in [-0.2, -0.15) is 0 Å². The summed E-state index contributed by atoms with van der Waals surface area (Å²) in [5, 5.41) is 0. The van der Waals surface area contributed by atoms with E-state index in [9.17, 15) is 0 Å². The van der Waals surface area contributed by atoms with E-state index in [-0.39, 0.29) is 11.1 Å². The van der Waals surface area contributed by atoms with Gasteiger partial charge in [0.1, 0.15) is 0 Å². The smallest absolute Gasteiger partial charge is 0.0753 e. The maximum atomic E-state index is 6.19. The van der Waals surface area contributed by atoms with Crippen LogP contribution in [0.15, 0.2) is 0 Å². The van der Waals surface area contributed by atoms with Crippen molar-refractivity contribution in [1.82, 2.24) is 4.90 Å². The Bertz CT molecular complexity index is 280. The Balaban J connectivity index is 2.11. The predicted octanol–water partition coefficient (Wildman–Crippen LogP) is 2.39. The van der Waals surface area contributed by atoms with Crippen LogP contribution in [0.1, 0.15) is 52.9 Å². The molecule has 0 bridgehead atoms. The van der Waals surface area contributed by atoms with Gasteiger partial charge in [-0.25, -0.2) is 0 Å². The van der Waals surface area contributed by atoms with Crippen molar-refractivity contribution in [1.29, 1.82) is 0 Å². The lowest BCUT2D eigenvalue weighted by Crippen LogP contribution is -2.62. The second-order valence-corrected chi connectivity index (χ2v) is 6.83. The van der Waals surface area contributed by atoms with E-state index in [1.54, 1.807) is 0 Å². The molecule has 1 saturated carbocycles. The summed E-state index contributed by atoms with van der Waals surface area (Å²) in [6.07, 6.45) is 6.60. The molecule has 3 nitrogen and oxygen atoms in total. The molecule has 0 spiro atoms. The van der Waals surface area contributed by atoms with Gasteiger partial charge in [0.25, 0.3) is 0 Å². The monoisotopic (exact) mass is 254 g/mol. The van der Waals surface area contributed by atoms with Gasteiger partial charge in [-0.05, 0) is 32.6 Å². The molecular weight excluding hydrogens is 224 g/mol. The Kier molecular flexibility index (Phi) is 4.35. The largest absolute Gasteiger partial charge is 0.373 e. The molecule has 0 aromatic rings. The number of rotatable bonds is 3. The van der Waals surface area contributed by atoms with Gasteiger partial charge in [0.2, 0.25) is 0 Å². The van der Waals surface area contributed by atoms with Crippen molar-refractivity contribution in [3.63, 3.8) is 0 Å². The van der Waals surface area contributed by atoms with Crippen LogP contribution in [0.4, 0.5) is 0 Å². The summed E-state index contributed by atoms with van der Waals surface area (Å²) in [6.45, 7) is 10.5. The van der Waals surface area contributed by atoms with Gasteiger partial charge in [-0.3, -0.25) is 4.90 Å². The minimum atomic E-state index is -0.0143. The Morgan fingerprint density at radius 1 is 1.39 bits per heavy atom. The molecule has 2 atom stereocenters. The van der Waals surface area contributed by atoms with Crippen LogP contribution >= 0.6 is 0 Å². The molecule has 2 fully saturated rings. The fourth-order valence-corrected chi connectivity index (χ4v) is 3.83. The third-order valence-electron chi connectivity index (χ3n) is 4.98. The van der Waals surface area contributed by atoms with Crippen molar-refractivity contribution in [2.75, 3.05) is 26.2 Å². The highest BCUT2D eigenvalue weighted by Gasteiger charge is 2.43. The Morgan fingerprint density at radius 2 is 2.17 bits per heavy atom. The fraction of sp³-hybridized carbons (Fsp3) is 1.00. The highest BCUT2D eigenvalue weighted by atomic mass is 16.5. The molecule has 2 aliphatic rings. The third-order valence-corrected chi connectivity index (χ3v) is 4.98. The highest BCUT2D eigenvalue weighted by Crippen LogP contribution is 2.39. The number of ether oxygens (including phenoxy) is 1. The normalized spacial score (nSPS) is 37.7. The molecule has 18 heavy (non-hydrogen) atoms. The van der Waals surface area contributed by atoms with E-state index in [0.29, 0.717) is 0 Å². The molecule has 1 saturated heterocycles. The molecule has 0 aromatic carbocycles. The molecule has 0 radical (unpaired) electrons. The molecule has 3 heteroatoms. The lowest BCUT2D eigenvalue weighted by Gasteiger charge is -2.52. The average molecular weight is 254 g/mol. The van der Waals surface area contributed by atoms with E-state index in [1.165, 1.54) is 32.1 Å². The molecule has 1 aliphatic carbocycles. The van der Waals surface area contributed by atoms with Crippen LogP contribution in [0.5, 0.6) is 0 Å². The van der Waals surface area contributed by atoms with Crippen LogP contribution in [-0.4, -0.2) is 42.3 Å². The van der Waals surface area contributed by atoms with E-state index in [2.05, 4.69) is 25.7 Å². The SMILES string of the molecule is CCC1CCCC(CN)(N2CCOC(C)(C)C2)C1. The van der Waals surface area contributed by atoms with Crippen LogP contribution in [0.25, 0.3) is 0 Å². The van der Waals surface area contributed by atoms with Crippen molar-refractivity contribution in [2.24, 2.45) is 11.7 Å². The number of morpholine rings is 1. The van der Waals surface area contributed by atoms with Crippen molar-refractivity contribution in [2.45, 2.75) is 64.0 Å². The zero-order valence-corrected chi connectivity index (χ0v) is 12.4. The topological polar surface area (TPSA) is 38.5 Å². The minimum Gasteiger partial charge on any atom is -0.373 e. The van der Waals surface area contributed by atoms with Crippen molar-refractivity contribution < 1.29 is 4.74 Å². The predicted molar refractivity (Wildman–Crippen MR) is 75.6 cm³/mol. The Hall–Kier alpha value is -0.120. The van der Waals surface area contributed by atoms with E-state index < -0.39 is 0 Å². The summed E-state index contributed by atoms with van der Waals surface area (Å²) in [7, 11) is 0. The molecule has 0 amide bonds. The first-order valence-corrected chi connectivity index (χ1v) is 7.60. The summed E-state index contributed by atoms with van der Waals surface area (Å²) in [4.78, 5) is 2.64. The summed E-state index contributed by atoms with van der Waals surface area (Å²) in [5.74, 6) is 0.869. The van der Waals surface area contributed by atoms with Crippen molar-refractivity contribution in [3.8, 4) is 0 Å². The first kappa shape index (κ1) is 14.3. The highest BCUT2D eigenvalue weighted by molar-refractivity contribution is 4.99.